The Hall–Kier alpha value is -4.15. The van der Waals surface area contributed by atoms with Crippen molar-refractivity contribution in [3.63, 3.8) is 0 Å². The highest BCUT2D eigenvalue weighted by atomic mass is 79.9. The van der Waals surface area contributed by atoms with Gasteiger partial charge in [-0.3, -0.25) is 13.9 Å². The zero-order valence-electron chi connectivity index (χ0n) is 26.3. The molecule has 0 unspecified atom stereocenters. The van der Waals surface area contributed by atoms with Crippen molar-refractivity contribution in [1.82, 2.24) is 10.2 Å². The molecule has 4 aromatic carbocycles. The number of carbonyl (C=O) groups excluding carboxylic acids is 2. The number of benzene rings is 4. The van der Waals surface area contributed by atoms with Crippen LogP contribution in [0, 0.1) is 0 Å². The molecule has 0 spiro atoms. The van der Waals surface area contributed by atoms with Gasteiger partial charge in [0.15, 0.2) is 0 Å². The number of nitrogens with one attached hydrogen (secondary N) is 1. The average molecular weight is 707 g/mol. The van der Waals surface area contributed by atoms with E-state index in [-0.39, 0.29) is 29.8 Å². The SMILES string of the molecule is CCOc1ccc(N(CC(=O)N(Cc2ccccc2)[C@@H](Cc2ccccc2)C(=O)N[C@H](C)CC)S(=O)(=O)c2ccc(Br)cc2)cc1. The highest BCUT2D eigenvalue weighted by Gasteiger charge is 2.35. The van der Waals surface area contributed by atoms with Crippen LogP contribution in [0.25, 0.3) is 0 Å². The first-order chi connectivity index (χ1) is 22.1. The quantitative estimate of drug-likeness (QED) is 0.150. The van der Waals surface area contributed by atoms with Gasteiger partial charge in [-0.1, -0.05) is 83.5 Å². The van der Waals surface area contributed by atoms with Crippen LogP contribution in [0.2, 0.25) is 0 Å². The number of sulfonamides is 1. The van der Waals surface area contributed by atoms with Crippen molar-refractivity contribution in [3.8, 4) is 5.75 Å². The Labute approximate surface area is 280 Å². The highest BCUT2D eigenvalue weighted by molar-refractivity contribution is 9.10. The molecule has 0 aromatic heterocycles. The van der Waals surface area contributed by atoms with Gasteiger partial charge in [0.1, 0.15) is 18.3 Å². The molecule has 0 fully saturated rings. The molecule has 0 aliphatic heterocycles. The van der Waals surface area contributed by atoms with Gasteiger partial charge in [-0.25, -0.2) is 8.42 Å². The Morgan fingerprint density at radius 3 is 1.98 bits per heavy atom. The van der Waals surface area contributed by atoms with E-state index in [1.165, 1.54) is 17.0 Å². The van der Waals surface area contributed by atoms with E-state index in [0.29, 0.717) is 24.5 Å². The summed E-state index contributed by atoms with van der Waals surface area (Å²) in [6.45, 7) is 5.79. The summed E-state index contributed by atoms with van der Waals surface area (Å²) in [5.41, 5.74) is 1.99. The van der Waals surface area contributed by atoms with Crippen LogP contribution in [0.5, 0.6) is 5.75 Å². The van der Waals surface area contributed by atoms with Crippen molar-refractivity contribution in [2.75, 3.05) is 17.5 Å². The number of carbonyl (C=O) groups is 2. The smallest absolute Gasteiger partial charge is 0.264 e. The normalized spacial score (nSPS) is 12.5. The molecule has 2 atom stereocenters. The number of amides is 2. The number of rotatable bonds is 15. The maximum absolute atomic E-state index is 14.5. The number of nitrogens with zero attached hydrogens (tertiary/aromatic N) is 2. The maximum Gasteiger partial charge on any atom is 0.264 e. The summed E-state index contributed by atoms with van der Waals surface area (Å²) < 4.78 is 35.7. The molecule has 0 bridgehead atoms. The molecule has 242 valence electrons. The van der Waals surface area contributed by atoms with Gasteiger partial charge in [0, 0.05) is 23.5 Å². The summed E-state index contributed by atoms with van der Waals surface area (Å²) in [4.78, 5) is 30.0. The monoisotopic (exact) mass is 705 g/mol. The molecule has 8 nitrogen and oxygen atoms in total. The van der Waals surface area contributed by atoms with Gasteiger partial charge in [0.2, 0.25) is 11.8 Å². The van der Waals surface area contributed by atoms with E-state index in [1.807, 2.05) is 81.4 Å². The standard InChI is InChI=1S/C36H40BrN3O5S/c1-4-27(3)38-36(42)34(24-28-12-8-6-9-13-28)39(25-29-14-10-7-11-15-29)35(41)26-40(31-18-20-32(21-19-31)45-5-2)46(43,44)33-22-16-30(37)17-23-33/h6-23,27,34H,4-5,24-26H2,1-3H3,(H,38,42)/t27-,34+/m1/s1. The first-order valence-electron chi connectivity index (χ1n) is 15.3. The molecule has 0 heterocycles. The zero-order valence-corrected chi connectivity index (χ0v) is 28.7. The van der Waals surface area contributed by atoms with Crippen molar-refractivity contribution in [3.05, 3.63) is 125 Å². The number of hydrogen-bond acceptors (Lipinski definition) is 5. The third-order valence-electron chi connectivity index (χ3n) is 7.58. The van der Waals surface area contributed by atoms with Crippen LogP contribution in [0.3, 0.4) is 0 Å². The van der Waals surface area contributed by atoms with Gasteiger partial charge >= 0.3 is 0 Å². The number of ether oxygens (including phenoxy) is 1. The van der Waals surface area contributed by atoms with Gasteiger partial charge in [0.05, 0.1) is 17.2 Å². The average Bonchev–Trinajstić information content (AvgIpc) is 3.06. The molecule has 2 amide bonds. The van der Waals surface area contributed by atoms with Gasteiger partial charge in [-0.15, -0.1) is 0 Å². The fraction of sp³-hybridized carbons (Fsp3) is 0.278. The topological polar surface area (TPSA) is 96.0 Å². The van der Waals surface area contributed by atoms with E-state index in [1.54, 1.807) is 36.4 Å². The Balaban J connectivity index is 1.79. The third-order valence-corrected chi connectivity index (χ3v) is 9.90. The van der Waals surface area contributed by atoms with E-state index in [0.717, 1.165) is 19.9 Å². The largest absolute Gasteiger partial charge is 0.494 e. The Morgan fingerprint density at radius 2 is 1.41 bits per heavy atom. The second-order valence-corrected chi connectivity index (χ2v) is 13.7. The zero-order chi connectivity index (χ0) is 33.1. The van der Waals surface area contributed by atoms with Crippen molar-refractivity contribution < 1.29 is 22.7 Å². The van der Waals surface area contributed by atoms with E-state index in [2.05, 4.69) is 21.2 Å². The third kappa shape index (κ3) is 9.20. The van der Waals surface area contributed by atoms with Crippen LogP contribution in [0.4, 0.5) is 5.69 Å². The van der Waals surface area contributed by atoms with E-state index in [4.69, 9.17) is 4.74 Å². The summed E-state index contributed by atoms with van der Waals surface area (Å²) in [6.07, 6.45) is 0.970. The molecule has 1 N–H and O–H groups in total. The summed E-state index contributed by atoms with van der Waals surface area (Å²) >= 11 is 3.37. The van der Waals surface area contributed by atoms with E-state index < -0.39 is 28.5 Å². The van der Waals surface area contributed by atoms with E-state index >= 15 is 0 Å². The molecule has 0 saturated carbocycles. The molecule has 4 aromatic rings. The van der Waals surface area contributed by atoms with Crippen LogP contribution in [0.15, 0.2) is 119 Å². The van der Waals surface area contributed by atoms with Gasteiger partial charge in [-0.05, 0) is 79.9 Å². The number of hydrogen-bond donors (Lipinski definition) is 1. The summed E-state index contributed by atoms with van der Waals surface area (Å²) in [6, 6.07) is 30.7. The van der Waals surface area contributed by atoms with Gasteiger partial charge in [-0.2, -0.15) is 0 Å². The second-order valence-electron chi connectivity index (χ2n) is 10.9. The van der Waals surface area contributed by atoms with Gasteiger partial charge in [0.25, 0.3) is 10.0 Å². The minimum Gasteiger partial charge on any atom is -0.494 e. The molecule has 0 aliphatic carbocycles. The lowest BCUT2D eigenvalue weighted by Crippen LogP contribution is -2.54. The van der Waals surface area contributed by atoms with Crippen molar-refractivity contribution >= 4 is 43.5 Å². The molecule has 0 aliphatic rings. The fourth-order valence-electron chi connectivity index (χ4n) is 4.91. The lowest BCUT2D eigenvalue weighted by atomic mass is 10.0. The lowest BCUT2D eigenvalue weighted by molar-refractivity contribution is -0.140. The molecular weight excluding hydrogens is 666 g/mol. The first-order valence-corrected chi connectivity index (χ1v) is 17.5. The van der Waals surface area contributed by atoms with Crippen molar-refractivity contribution in [1.29, 1.82) is 0 Å². The number of halogens is 1. The van der Waals surface area contributed by atoms with Crippen LogP contribution in [-0.4, -0.2) is 50.4 Å². The predicted octanol–water partition coefficient (Wildman–Crippen LogP) is 6.60. The van der Waals surface area contributed by atoms with Gasteiger partial charge < -0.3 is 15.0 Å². The van der Waals surface area contributed by atoms with Crippen LogP contribution in [-0.2, 0) is 32.6 Å². The van der Waals surface area contributed by atoms with E-state index in [9.17, 15) is 18.0 Å². The predicted molar refractivity (Wildman–Crippen MR) is 185 cm³/mol. The summed E-state index contributed by atoms with van der Waals surface area (Å²) in [5, 5.41) is 3.05. The maximum atomic E-state index is 14.5. The Kier molecular flexibility index (Phi) is 12.4. The molecule has 46 heavy (non-hydrogen) atoms. The minimum absolute atomic E-state index is 0.0299. The Bertz CT molecular complexity index is 1670. The first kappa shape index (κ1) is 34.7. The number of anilines is 1. The molecule has 0 saturated heterocycles. The van der Waals surface area contributed by atoms with Crippen molar-refractivity contribution in [2.24, 2.45) is 0 Å². The molecular formula is C36H40BrN3O5S. The van der Waals surface area contributed by atoms with Crippen molar-refractivity contribution in [2.45, 2.75) is 57.1 Å². The molecule has 0 radical (unpaired) electrons. The summed E-state index contributed by atoms with van der Waals surface area (Å²) in [7, 11) is -4.20. The summed E-state index contributed by atoms with van der Waals surface area (Å²) in [5.74, 6) is -0.238. The van der Waals surface area contributed by atoms with Crippen LogP contribution in [0.1, 0.15) is 38.3 Å². The second kappa shape index (κ2) is 16.4. The van der Waals surface area contributed by atoms with Crippen LogP contribution >= 0.6 is 15.9 Å². The molecule has 10 heteroatoms. The van der Waals surface area contributed by atoms with Crippen LogP contribution < -0.4 is 14.4 Å². The molecule has 4 rings (SSSR count). The lowest BCUT2D eigenvalue weighted by Gasteiger charge is -2.34. The fourth-order valence-corrected chi connectivity index (χ4v) is 6.59. The minimum atomic E-state index is -4.20. The Morgan fingerprint density at radius 1 is 0.826 bits per heavy atom. The highest BCUT2D eigenvalue weighted by Crippen LogP contribution is 2.28.